The van der Waals surface area contributed by atoms with Crippen LogP contribution in [0.5, 0.6) is 0 Å². The SMILES string of the molecule is Cc1nnc(CCN=C(N)Nc2ccccn2)s1.I. The largest absolute Gasteiger partial charge is 0.370 e. The van der Waals surface area contributed by atoms with E-state index in [9.17, 15) is 0 Å². The molecule has 0 unspecified atom stereocenters. The molecule has 0 saturated carbocycles. The fraction of sp³-hybridized carbons (Fsp3) is 0.273. The van der Waals surface area contributed by atoms with Crippen molar-refractivity contribution in [3.8, 4) is 0 Å². The van der Waals surface area contributed by atoms with E-state index >= 15 is 0 Å². The van der Waals surface area contributed by atoms with Gasteiger partial charge in [-0.15, -0.1) is 45.5 Å². The van der Waals surface area contributed by atoms with Gasteiger partial charge in [0.1, 0.15) is 15.8 Å². The average Bonchev–Trinajstić information content (AvgIpc) is 2.76. The van der Waals surface area contributed by atoms with E-state index in [4.69, 9.17) is 5.73 Å². The minimum Gasteiger partial charge on any atom is -0.370 e. The molecular formula is C11H15IN6S. The molecule has 2 rings (SSSR count). The van der Waals surface area contributed by atoms with Crippen LogP contribution >= 0.6 is 35.3 Å². The number of hydrogen-bond acceptors (Lipinski definition) is 5. The molecule has 0 amide bonds. The zero-order valence-electron chi connectivity index (χ0n) is 10.4. The van der Waals surface area contributed by atoms with Crippen LogP contribution in [0.3, 0.4) is 0 Å². The number of anilines is 1. The first-order chi connectivity index (χ1) is 8.74. The maximum Gasteiger partial charge on any atom is 0.194 e. The molecule has 0 bridgehead atoms. The van der Waals surface area contributed by atoms with Crippen molar-refractivity contribution in [1.82, 2.24) is 15.2 Å². The summed E-state index contributed by atoms with van der Waals surface area (Å²) in [4.78, 5) is 8.30. The second kappa shape index (κ2) is 8.00. The number of pyridine rings is 1. The molecule has 0 saturated heterocycles. The molecule has 0 aliphatic rings. The highest BCUT2D eigenvalue weighted by atomic mass is 127. The van der Waals surface area contributed by atoms with E-state index < -0.39 is 0 Å². The summed E-state index contributed by atoms with van der Waals surface area (Å²) in [6.07, 6.45) is 2.44. The minimum atomic E-state index is 0. The van der Waals surface area contributed by atoms with E-state index in [2.05, 4.69) is 25.5 Å². The van der Waals surface area contributed by atoms with Crippen molar-refractivity contribution in [3.63, 3.8) is 0 Å². The third kappa shape index (κ3) is 5.47. The molecule has 102 valence electrons. The van der Waals surface area contributed by atoms with Crippen LogP contribution < -0.4 is 11.1 Å². The minimum absolute atomic E-state index is 0. The normalized spacial score (nSPS) is 10.9. The highest BCUT2D eigenvalue weighted by Crippen LogP contribution is 2.08. The van der Waals surface area contributed by atoms with Crippen LogP contribution in [-0.4, -0.2) is 27.7 Å². The fourth-order valence-corrected chi connectivity index (χ4v) is 2.02. The first-order valence-corrected chi connectivity index (χ1v) is 6.32. The van der Waals surface area contributed by atoms with Crippen molar-refractivity contribution in [2.45, 2.75) is 13.3 Å². The lowest BCUT2D eigenvalue weighted by atomic mass is 10.4. The summed E-state index contributed by atoms with van der Waals surface area (Å²) >= 11 is 1.58. The second-order valence-electron chi connectivity index (χ2n) is 3.57. The molecule has 3 N–H and O–H groups in total. The number of nitrogens with one attached hydrogen (secondary N) is 1. The number of guanidine groups is 1. The molecule has 0 spiro atoms. The van der Waals surface area contributed by atoms with Crippen LogP contribution in [0.25, 0.3) is 0 Å². The quantitative estimate of drug-likeness (QED) is 0.473. The number of hydrogen-bond donors (Lipinski definition) is 2. The summed E-state index contributed by atoms with van der Waals surface area (Å²) in [5.74, 6) is 1.04. The highest BCUT2D eigenvalue weighted by Gasteiger charge is 2.00. The predicted molar refractivity (Wildman–Crippen MR) is 88.1 cm³/mol. The lowest BCUT2D eigenvalue weighted by Gasteiger charge is -2.03. The number of aryl methyl sites for hydroxylation is 1. The molecule has 0 fully saturated rings. The third-order valence-electron chi connectivity index (χ3n) is 2.10. The summed E-state index contributed by atoms with van der Waals surface area (Å²) < 4.78 is 0. The van der Waals surface area contributed by atoms with Crippen LogP contribution in [0.4, 0.5) is 5.82 Å². The molecule has 19 heavy (non-hydrogen) atoms. The summed E-state index contributed by atoms with van der Waals surface area (Å²) in [5, 5.41) is 12.8. The van der Waals surface area contributed by atoms with Gasteiger partial charge in [-0.1, -0.05) is 6.07 Å². The van der Waals surface area contributed by atoms with Crippen molar-refractivity contribution in [2.24, 2.45) is 10.7 Å². The summed E-state index contributed by atoms with van der Waals surface area (Å²) in [6, 6.07) is 5.55. The lowest BCUT2D eigenvalue weighted by molar-refractivity contribution is 0.904. The standard InChI is InChI=1S/C11H14N6S.HI/c1-8-16-17-10(18-8)5-7-14-11(12)15-9-4-2-3-6-13-9;/h2-4,6H,5,7H2,1H3,(H3,12,13,14,15);1H. The van der Waals surface area contributed by atoms with E-state index in [0.717, 1.165) is 16.4 Å². The Labute approximate surface area is 132 Å². The van der Waals surface area contributed by atoms with E-state index in [1.165, 1.54) is 0 Å². The van der Waals surface area contributed by atoms with Gasteiger partial charge in [0.2, 0.25) is 0 Å². The van der Waals surface area contributed by atoms with Gasteiger partial charge in [0.05, 0.1) is 0 Å². The Hall–Kier alpha value is -1.29. The average molecular weight is 390 g/mol. The van der Waals surface area contributed by atoms with Gasteiger partial charge >= 0.3 is 0 Å². The number of aliphatic imine (C=N–C) groups is 1. The number of aromatic nitrogens is 3. The first-order valence-electron chi connectivity index (χ1n) is 5.51. The molecule has 0 aliphatic carbocycles. The monoisotopic (exact) mass is 390 g/mol. The molecule has 0 aliphatic heterocycles. The van der Waals surface area contributed by atoms with Crippen LogP contribution in [-0.2, 0) is 6.42 Å². The lowest BCUT2D eigenvalue weighted by Crippen LogP contribution is -2.23. The Bertz CT molecular complexity index is 527. The number of nitrogens with zero attached hydrogens (tertiary/aromatic N) is 4. The highest BCUT2D eigenvalue weighted by molar-refractivity contribution is 14.0. The van der Waals surface area contributed by atoms with Gasteiger partial charge in [-0.3, -0.25) is 4.99 Å². The Morgan fingerprint density at radius 3 is 2.89 bits per heavy atom. The molecule has 2 heterocycles. The molecule has 0 radical (unpaired) electrons. The summed E-state index contributed by atoms with van der Waals surface area (Å²) in [7, 11) is 0. The van der Waals surface area contributed by atoms with E-state index in [0.29, 0.717) is 18.3 Å². The van der Waals surface area contributed by atoms with Gasteiger partial charge in [-0.05, 0) is 19.1 Å². The molecular weight excluding hydrogens is 375 g/mol. The van der Waals surface area contributed by atoms with E-state index in [-0.39, 0.29) is 24.0 Å². The van der Waals surface area contributed by atoms with Crippen molar-refractivity contribution in [3.05, 3.63) is 34.4 Å². The number of halogens is 1. The van der Waals surface area contributed by atoms with Crippen LogP contribution in [0.1, 0.15) is 10.0 Å². The summed E-state index contributed by atoms with van der Waals surface area (Å²) in [6.45, 7) is 2.52. The maximum absolute atomic E-state index is 5.74. The summed E-state index contributed by atoms with van der Waals surface area (Å²) in [5.41, 5.74) is 5.74. The number of rotatable bonds is 4. The molecule has 0 aromatic carbocycles. The fourth-order valence-electron chi connectivity index (χ4n) is 1.32. The van der Waals surface area contributed by atoms with Crippen molar-refractivity contribution >= 4 is 47.1 Å². The Morgan fingerprint density at radius 2 is 2.26 bits per heavy atom. The van der Waals surface area contributed by atoms with Gasteiger partial charge in [-0.2, -0.15) is 0 Å². The smallest absolute Gasteiger partial charge is 0.194 e. The van der Waals surface area contributed by atoms with Gasteiger partial charge in [0.15, 0.2) is 5.96 Å². The van der Waals surface area contributed by atoms with Crippen molar-refractivity contribution in [1.29, 1.82) is 0 Å². The second-order valence-corrected chi connectivity index (χ2v) is 4.84. The molecule has 8 heteroatoms. The Morgan fingerprint density at radius 1 is 1.42 bits per heavy atom. The van der Waals surface area contributed by atoms with Crippen LogP contribution in [0.2, 0.25) is 0 Å². The van der Waals surface area contributed by atoms with E-state index in [1.807, 2.05) is 25.1 Å². The predicted octanol–water partition coefficient (Wildman–Crippen LogP) is 1.83. The van der Waals surface area contributed by atoms with Crippen LogP contribution in [0, 0.1) is 6.92 Å². The molecule has 6 nitrogen and oxygen atoms in total. The first kappa shape index (κ1) is 15.8. The van der Waals surface area contributed by atoms with Gasteiger partial charge in [0.25, 0.3) is 0 Å². The van der Waals surface area contributed by atoms with Crippen molar-refractivity contribution in [2.75, 3.05) is 11.9 Å². The zero-order valence-corrected chi connectivity index (χ0v) is 13.6. The zero-order chi connectivity index (χ0) is 12.8. The Kier molecular flexibility index (Phi) is 6.64. The topological polar surface area (TPSA) is 89.1 Å². The maximum atomic E-state index is 5.74. The number of nitrogens with two attached hydrogens (primary N) is 1. The van der Waals surface area contributed by atoms with Gasteiger partial charge in [0, 0.05) is 19.2 Å². The van der Waals surface area contributed by atoms with E-state index in [1.54, 1.807) is 17.5 Å². The third-order valence-corrected chi connectivity index (χ3v) is 3.00. The van der Waals surface area contributed by atoms with Gasteiger partial charge < -0.3 is 11.1 Å². The molecule has 0 atom stereocenters. The van der Waals surface area contributed by atoms with Crippen molar-refractivity contribution < 1.29 is 0 Å². The van der Waals surface area contributed by atoms with Crippen LogP contribution in [0.15, 0.2) is 29.4 Å². The Balaban J connectivity index is 0.00000180. The molecule has 2 aromatic heterocycles. The molecule has 2 aromatic rings. The van der Waals surface area contributed by atoms with Gasteiger partial charge in [-0.25, -0.2) is 4.98 Å².